The van der Waals surface area contributed by atoms with Crippen LogP contribution in [0.4, 0.5) is 0 Å². The first kappa shape index (κ1) is 67.0. The zero-order chi connectivity index (χ0) is 63.9. The molecular weight excluding hydrogens is 1110 g/mol. The number of carbonyl (C=O) groups is 7. The molecule has 0 aromatic heterocycles. The molecule has 88 heavy (non-hydrogen) atoms. The molecule has 6 aromatic carbocycles. The summed E-state index contributed by atoms with van der Waals surface area (Å²) in [6.07, 6.45) is 0.567. The molecule has 6 atom stereocenters. The van der Waals surface area contributed by atoms with E-state index in [-0.39, 0.29) is 31.3 Å². The Morgan fingerprint density at radius 1 is 0.398 bits per heavy atom. The average Bonchev–Trinajstić information content (AvgIpc) is 1.74. The highest BCUT2D eigenvalue weighted by Crippen LogP contribution is 2.40. The van der Waals surface area contributed by atoms with Crippen LogP contribution in [-0.4, -0.2) is 139 Å². The number of benzene rings is 6. The highest BCUT2D eigenvalue weighted by Gasteiger charge is 2.49. The van der Waals surface area contributed by atoms with E-state index in [0.717, 1.165) is 27.3 Å². The first-order chi connectivity index (χ1) is 41.9. The minimum atomic E-state index is -0.896. The summed E-state index contributed by atoms with van der Waals surface area (Å²) in [5, 5.41) is 18.2. The topological polar surface area (TPSA) is 200 Å². The van der Waals surface area contributed by atoms with Crippen LogP contribution in [0.15, 0.2) is 182 Å². The molecule has 1 saturated heterocycles. The van der Waals surface area contributed by atoms with Crippen molar-refractivity contribution in [2.24, 2.45) is 5.73 Å². The number of amides is 7. The lowest BCUT2D eigenvalue weighted by Gasteiger charge is -2.52. The van der Waals surface area contributed by atoms with Gasteiger partial charge in [0.05, 0.1) is 43.3 Å². The van der Waals surface area contributed by atoms with Crippen LogP contribution in [0.25, 0.3) is 0 Å². The number of nitrogens with zero attached hydrogens (tertiary/aromatic N) is 7. The number of hydroxylamine groups is 2. The number of hydrogen-bond acceptors (Lipinski definition) is 9. The van der Waals surface area contributed by atoms with E-state index < -0.39 is 122 Å². The summed E-state index contributed by atoms with van der Waals surface area (Å²) >= 11 is 0. The second kappa shape index (κ2) is 30.4. The molecule has 17 nitrogen and oxygen atoms in total. The maximum absolute atomic E-state index is 15.7. The van der Waals surface area contributed by atoms with Crippen molar-refractivity contribution in [1.29, 1.82) is 0 Å². The van der Waals surface area contributed by atoms with E-state index in [1.165, 1.54) is 24.5 Å². The summed E-state index contributed by atoms with van der Waals surface area (Å²) in [6.45, 7) is 15.4. The van der Waals surface area contributed by atoms with Crippen molar-refractivity contribution in [1.82, 2.24) is 39.8 Å². The molecule has 0 unspecified atom stereocenters. The van der Waals surface area contributed by atoms with Crippen LogP contribution in [-0.2, 0) is 38.8 Å². The Labute approximate surface area is 520 Å². The third kappa shape index (κ3) is 17.2. The molecule has 0 saturated carbocycles. The van der Waals surface area contributed by atoms with Crippen LogP contribution >= 0.6 is 0 Å². The van der Waals surface area contributed by atoms with Crippen molar-refractivity contribution in [3.63, 3.8) is 0 Å². The monoisotopic (exact) mass is 1190 g/mol. The molecule has 6 aromatic rings. The van der Waals surface area contributed by atoms with Gasteiger partial charge >= 0.3 is 0 Å². The van der Waals surface area contributed by atoms with E-state index in [1.807, 2.05) is 230 Å². The molecule has 1 fully saturated rings. The van der Waals surface area contributed by atoms with Crippen molar-refractivity contribution >= 4 is 41.4 Å². The molecule has 1 aliphatic rings. The molecule has 7 amide bonds. The van der Waals surface area contributed by atoms with Gasteiger partial charge < -0.3 is 40.4 Å². The summed E-state index contributed by atoms with van der Waals surface area (Å²) in [5.41, 5.74) is 8.54. The van der Waals surface area contributed by atoms with Crippen LogP contribution in [0.1, 0.15) is 152 Å². The molecule has 3 N–H and O–H groups in total. The van der Waals surface area contributed by atoms with Crippen LogP contribution in [0.2, 0.25) is 0 Å². The summed E-state index contributed by atoms with van der Waals surface area (Å²) in [4.78, 5) is 113. The Morgan fingerprint density at radius 2 is 0.636 bits per heavy atom. The van der Waals surface area contributed by atoms with E-state index in [9.17, 15) is 19.6 Å². The molecule has 0 spiro atoms. The van der Waals surface area contributed by atoms with Crippen molar-refractivity contribution in [3.8, 4) is 0 Å². The maximum Gasteiger partial charge on any atom is 0.243 e. The Kier molecular flexibility index (Phi) is 23.2. The SMILES string of the molecule is C[C@H](NCC(=O)N(CC(=O)N(CC(=O)N(CC(=O)N(CC(=O)N(CC(=O)N(CC(N)=O)[C@@H](C)c1ccccc1)[C@@H](C)c1ccccc1)[C@@H](C)c1ccccc1)[C@@H](C)c1ccccc1)[C@@H](C)c1ccccc1)C1CC(C)(C)N([O])C(C)(C)C1)c1ccccc1. The van der Waals surface area contributed by atoms with Gasteiger partial charge in [-0.1, -0.05) is 182 Å². The lowest BCUT2D eigenvalue weighted by atomic mass is 9.78. The molecule has 465 valence electrons. The Hall–Kier alpha value is -8.51. The fourth-order valence-corrected chi connectivity index (χ4v) is 12.2. The highest BCUT2D eigenvalue weighted by atomic mass is 16.5. The predicted molar refractivity (Wildman–Crippen MR) is 340 cm³/mol. The van der Waals surface area contributed by atoms with Crippen LogP contribution in [0.5, 0.6) is 0 Å². The van der Waals surface area contributed by atoms with E-state index in [4.69, 9.17) is 5.73 Å². The van der Waals surface area contributed by atoms with Gasteiger partial charge in [-0.15, -0.1) is 10.3 Å². The van der Waals surface area contributed by atoms with Gasteiger partial charge in [0.1, 0.15) is 32.7 Å². The Bertz CT molecular complexity index is 3250. The standard InChI is InChI=1S/C71H88N9O8/c1-50(56-29-17-11-18-30-56)73-43-64(82)79(62-41-70(7,8)80(88)71(9,10)42-62)49-69(87)78(55(6)61-39-27-16-28-40-61)48-68(86)77(54(5)60-37-25-15-26-38-60)47-67(85)76(53(4)59-35-23-14-24-36-59)46-66(84)75(52(3)58-33-21-13-22-34-58)45-65(83)74(44-63(72)81)51(2)57-31-19-12-20-32-57/h11-40,50-55,62,73H,41-49H2,1-10H3,(H2,72,81)/t50-,51-,52-,53-,54-,55-/m0/s1. The lowest BCUT2D eigenvalue weighted by molar-refractivity contribution is -0.293. The molecule has 0 aliphatic carbocycles. The fourth-order valence-electron chi connectivity index (χ4n) is 12.2. The number of hydrogen-bond donors (Lipinski definition) is 2. The Morgan fingerprint density at radius 3 is 0.898 bits per heavy atom. The van der Waals surface area contributed by atoms with E-state index in [2.05, 4.69) is 5.32 Å². The molecule has 1 radical (unpaired) electrons. The lowest BCUT2D eigenvalue weighted by Crippen LogP contribution is -2.64. The first-order valence-corrected chi connectivity index (χ1v) is 30.4. The molecule has 17 heteroatoms. The highest BCUT2D eigenvalue weighted by molar-refractivity contribution is 5.93. The van der Waals surface area contributed by atoms with Gasteiger partial charge in [-0.3, -0.25) is 33.6 Å². The van der Waals surface area contributed by atoms with Gasteiger partial charge in [0, 0.05) is 23.2 Å². The van der Waals surface area contributed by atoms with Gasteiger partial charge in [0.15, 0.2) is 0 Å². The van der Waals surface area contributed by atoms with Crippen LogP contribution < -0.4 is 11.1 Å². The third-order valence-corrected chi connectivity index (χ3v) is 17.4. The van der Waals surface area contributed by atoms with Gasteiger partial charge in [-0.25, -0.2) is 0 Å². The summed E-state index contributed by atoms with van der Waals surface area (Å²) in [7, 11) is 0. The molecule has 0 bridgehead atoms. The Balaban J connectivity index is 1.25. The average molecular weight is 1200 g/mol. The summed E-state index contributed by atoms with van der Waals surface area (Å²) in [6, 6.07) is 51.6. The summed E-state index contributed by atoms with van der Waals surface area (Å²) in [5.74, 6) is -3.89. The van der Waals surface area contributed by atoms with Crippen LogP contribution in [0, 0.1) is 0 Å². The number of carbonyl (C=O) groups excluding carboxylic acids is 7. The van der Waals surface area contributed by atoms with Crippen molar-refractivity contribution in [2.45, 2.75) is 135 Å². The first-order valence-electron chi connectivity index (χ1n) is 30.4. The molecular formula is C71H88N9O8. The molecule has 1 aliphatic heterocycles. The second-order valence-electron chi connectivity index (χ2n) is 24.5. The number of rotatable bonds is 27. The third-order valence-electron chi connectivity index (χ3n) is 17.4. The van der Waals surface area contributed by atoms with Crippen LogP contribution in [0.3, 0.4) is 0 Å². The van der Waals surface area contributed by atoms with E-state index in [1.54, 1.807) is 25.7 Å². The maximum atomic E-state index is 15.7. The van der Waals surface area contributed by atoms with Crippen molar-refractivity contribution < 1.29 is 38.8 Å². The number of piperidine rings is 1. The van der Waals surface area contributed by atoms with Gasteiger partial charge in [0.2, 0.25) is 41.4 Å². The largest absolute Gasteiger partial charge is 0.368 e. The van der Waals surface area contributed by atoms with Gasteiger partial charge in [-0.05, 0) is 115 Å². The molecule has 7 rings (SSSR count). The minimum Gasteiger partial charge on any atom is -0.368 e. The van der Waals surface area contributed by atoms with E-state index >= 15 is 19.2 Å². The zero-order valence-corrected chi connectivity index (χ0v) is 52.7. The predicted octanol–water partition coefficient (Wildman–Crippen LogP) is 9.97. The number of primary amides is 1. The minimum absolute atomic E-state index is 0.111. The van der Waals surface area contributed by atoms with E-state index in [0.29, 0.717) is 11.1 Å². The van der Waals surface area contributed by atoms with Crippen molar-refractivity contribution in [3.05, 3.63) is 215 Å². The second-order valence-corrected chi connectivity index (χ2v) is 24.5. The quantitative estimate of drug-likeness (QED) is 0.0504. The molecule has 1 heterocycles. The fraction of sp³-hybridized carbons (Fsp3) is 0.394. The van der Waals surface area contributed by atoms with Gasteiger partial charge in [-0.2, -0.15) is 0 Å². The number of nitrogens with one attached hydrogen (secondary N) is 1. The smallest absolute Gasteiger partial charge is 0.243 e. The van der Waals surface area contributed by atoms with Gasteiger partial charge in [0.25, 0.3) is 0 Å². The normalized spacial score (nSPS) is 15.9. The van der Waals surface area contributed by atoms with Crippen molar-refractivity contribution in [2.75, 3.05) is 45.8 Å². The number of nitrogens with two attached hydrogens (primary N) is 1. The zero-order valence-electron chi connectivity index (χ0n) is 52.7. The summed E-state index contributed by atoms with van der Waals surface area (Å²) < 4.78 is 0.